The summed E-state index contributed by atoms with van der Waals surface area (Å²) in [4.78, 5) is 21.3. The van der Waals surface area contributed by atoms with Crippen LogP contribution in [0.5, 0.6) is 0 Å². The van der Waals surface area contributed by atoms with E-state index in [1.165, 1.54) is 7.05 Å². The first-order valence-electron chi connectivity index (χ1n) is 8.94. The van der Waals surface area contributed by atoms with Gasteiger partial charge in [0.05, 0.1) is 6.04 Å². The largest absolute Gasteiger partial charge is 0.435 e. The third-order valence-electron chi connectivity index (χ3n) is 4.60. The highest BCUT2D eigenvalue weighted by Gasteiger charge is 2.35. The van der Waals surface area contributed by atoms with Gasteiger partial charge in [-0.2, -0.15) is 22.6 Å². The molecular weight excluding hydrogens is 405 g/mol. The highest BCUT2D eigenvalue weighted by Crippen LogP contribution is 2.39. The topological polar surface area (TPSA) is 85.6 Å². The van der Waals surface area contributed by atoms with Crippen molar-refractivity contribution >= 4 is 17.4 Å². The van der Waals surface area contributed by atoms with Crippen molar-refractivity contribution in [3.63, 3.8) is 0 Å². The van der Waals surface area contributed by atoms with Crippen LogP contribution in [-0.2, 0) is 13.2 Å². The molecule has 11 heteroatoms. The van der Waals surface area contributed by atoms with Crippen LogP contribution in [0.1, 0.15) is 58.6 Å². The average molecular weight is 422 g/mol. The second kappa shape index (κ2) is 7.21. The van der Waals surface area contributed by atoms with Gasteiger partial charge in [0, 0.05) is 36.5 Å². The molecule has 0 aliphatic heterocycles. The number of halogens is 3. The fourth-order valence-electron chi connectivity index (χ4n) is 2.87. The molecule has 1 amide bonds. The molecule has 1 saturated carbocycles. The molecule has 1 aliphatic rings. The minimum atomic E-state index is -4.61. The van der Waals surface area contributed by atoms with Crippen molar-refractivity contribution in [1.82, 2.24) is 29.4 Å². The Kier molecular flexibility index (Phi) is 4.85. The first-order valence-corrected chi connectivity index (χ1v) is 9.71. The Morgan fingerprint density at radius 3 is 2.76 bits per heavy atom. The number of aryl methyl sites for hydroxylation is 1. The lowest BCUT2D eigenvalue weighted by atomic mass is 10.2. The maximum absolute atomic E-state index is 12.8. The summed E-state index contributed by atoms with van der Waals surface area (Å²) >= 11 is 1.13. The van der Waals surface area contributed by atoms with E-state index in [2.05, 4.69) is 24.8 Å². The number of amides is 1. The molecule has 1 fully saturated rings. The van der Waals surface area contributed by atoms with Gasteiger partial charge >= 0.3 is 6.18 Å². The monoisotopic (exact) mass is 422 g/mol. The van der Waals surface area contributed by atoms with E-state index >= 15 is 0 Å². The first kappa shape index (κ1) is 19.5. The first-order chi connectivity index (χ1) is 13.7. The summed E-state index contributed by atoms with van der Waals surface area (Å²) in [5.41, 5.74) is 0.582. The van der Waals surface area contributed by atoms with E-state index in [0.29, 0.717) is 16.7 Å². The van der Waals surface area contributed by atoms with Gasteiger partial charge in [0.15, 0.2) is 11.5 Å². The summed E-state index contributed by atoms with van der Waals surface area (Å²) in [6, 6.07) is 4.00. The fraction of sp³-hybridized carbons (Fsp3) is 0.389. The van der Waals surface area contributed by atoms with E-state index in [1.807, 2.05) is 12.1 Å². The van der Waals surface area contributed by atoms with Crippen LogP contribution in [0.2, 0.25) is 0 Å². The van der Waals surface area contributed by atoms with Crippen molar-refractivity contribution in [3.8, 4) is 11.4 Å². The van der Waals surface area contributed by atoms with Crippen LogP contribution in [0.4, 0.5) is 13.2 Å². The second-order valence-electron chi connectivity index (χ2n) is 6.93. The fourth-order valence-corrected chi connectivity index (χ4v) is 3.54. The molecule has 0 unspecified atom stereocenters. The minimum Gasteiger partial charge on any atom is -0.342 e. The molecule has 1 aliphatic carbocycles. The van der Waals surface area contributed by atoms with Crippen LogP contribution in [0.3, 0.4) is 0 Å². The number of nitrogens with zero attached hydrogens (tertiary/aromatic N) is 5. The minimum absolute atomic E-state index is 0.183. The van der Waals surface area contributed by atoms with Crippen molar-refractivity contribution in [3.05, 3.63) is 46.5 Å². The number of nitrogens with one attached hydrogen (secondary N) is 1. The van der Waals surface area contributed by atoms with Gasteiger partial charge in [-0.1, -0.05) is 0 Å². The van der Waals surface area contributed by atoms with Crippen LogP contribution >= 0.6 is 11.5 Å². The van der Waals surface area contributed by atoms with E-state index in [1.54, 1.807) is 13.1 Å². The Balaban J connectivity index is 1.48. The Bertz CT molecular complexity index is 1060. The molecule has 0 bridgehead atoms. The maximum atomic E-state index is 12.8. The molecule has 1 N–H and O–H groups in total. The summed E-state index contributed by atoms with van der Waals surface area (Å²) in [7, 11) is 1.29. The van der Waals surface area contributed by atoms with Gasteiger partial charge in [-0.25, -0.2) is 4.98 Å². The van der Waals surface area contributed by atoms with Crippen LogP contribution in [-0.4, -0.2) is 30.0 Å². The zero-order valence-electron chi connectivity index (χ0n) is 15.6. The Morgan fingerprint density at radius 2 is 2.10 bits per heavy atom. The van der Waals surface area contributed by atoms with Crippen LogP contribution < -0.4 is 5.32 Å². The van der Waals surface area contributed by atoms with E-state index in [4.69, 9.17) is 0 Å². The van der Waals surface area contributed by atoms with Crippen molar-refractivity contribution in [2.45, 2.75) is 37.9 Å². The predicted octanol–water partition coefficient (Wildman–Crippen LogP) is 3.72. The van der Waals surface area contributed by atoms with Crippen molar-refractivity contribution in [2.24, 2.45) is 7.05 Å². The standard InChI is InChI=1S/C18H17F3N6OS/c1-9(23-16(28)13-8-14(18(19,20)21)25-27(13)2)17-24-15(26-29-17)11-5-6-22-12(7-11)10-3-4-10/h5-10H,3-4H2,1-2H3,(H,23,28)/t9-/m0/s1. The zero-order valence-corrected chi connectivity index (χ0v) is 16.4. The third kappa shape index (κ3) is 4.14. The summed E-state index contributed by atoms with van der Waals surface area (Å²) in [6.07, 6.45) is -0.603. The molecule has 3 heterocycles. The van der Waals surface area contributed by atoms with Gasteiger partial charge in [-0.15, -0.1) is 0 Å². The van der Waals surface area contributed by atoms with Gasteiger partial charge in [-0.05, 0) is 43.4 Å². The van der Waals surface area contributed by atoms with Crippen LogP contribution in [0.15, 0.2) is 24.4 Å². The normalized spacial score (nSPS) is 15.3. The average Bonchev–Trinajstić information content (AvgIpc) is 3.25. The van der Waals surface area contributed by atoms with E-state index in [0.717, 1.165) is 46.4 Å². The van der Waals surface area contributed by atoms with E-state index < -0.39 is 23.8 Å². The van der Waals surface area contributed by atoms with Gasteiger partial charge in [0.2, 0.25) is 0 Å². The van der Waals surface area contributed by atoms with Crippen molar-refractivity contribution in [2.75, 3.05) is 0 Å². The Morgan fingerprint density at radius 1 is 1.34 bits per heavy atom. The van der Waals surface area contributed by atoms with Gasteiger partial charge < -0.3 is 5.32 Å². The van der Waals surface area contributed by atoms with Gasteiger partial charge in [0.25, 0.3) is 5.91 Å². The zero-order chi connectivity index (χ0) is 20.8. The van der Waals surface area contributed by atoms with Gasteiger partial charge in [-0.3, -0.25) is 14.5 Å². The second-order valence-corrected chi connectivity index (χ2v) is 7.71. The van der Waals surface area contributed by atoms with Crippen LogP contribution in [0.25, 0.3) is 11.4 Å². The molecule has 7 nitrogen and oxygen atoms in total. The summed E-state index contributed by atoms with van der Waals surface area (Å²) < 4.78 is 43.6. The SMILES string of the molecule is C[C@H](NC(=O)c1cc(C(F)(F)F)nn1C)c1nc(-c2ccnc(C3CC3)c2)ns1. The molecule has 0 aromatic carbocycles. The highest BCUT2D eigenvalue weighted by molar-refractivity contribution is 7.05. The molecular formula is C18H17F3N6OS. The quantitative estimate of drug-likeness (QED) is 0.677. The molecule has 29 heavy (non-hydrogen) atoms. The number of aromatic nitrogens is 5. The number of rotatable bonds is 5. The number of pyridine rings is 1. The highest BCUT2D eigenvalue weighted by atomic mass is 32.1. The smallest absolute Gasteiger partial charge is 0.342 e. The van der Waals surface area contributed by atoms with E-state index in [-0.39, 0.29) is 5.69 Å². The summed E-state index contributed by atoms with van der Waals surface area (Å²) in [6.45, 7) is 1.70. The summed E-state index contributed by atoms with van der Waals surface area (Å²) in [5.74, 6) is 0.377. The van der Waals surface area contributed by atoms with Crippen molar-refractivity contribution in [1.29, 1.82) is 0 Å². The molecule has 0 radical (unpaired) electrons. The molecule has 0 spiro atoms. The Labute approximate surface area is 168 Å². The molecule has 0 saturated heterocycles. The molecule has 3 aromatic heterocycles. The molecule has 4 rings (SSSR count). The number of carbonyl (C=O) groups is 1. The predicted molar refractivity (Wildman–Crippen MR) is 99.2 cm³/mol. The summed E-state index contributed by atoms with van der Waals surface area (Å²) in [5, 5.41) is 6.56. The molecule has 1 atom stereocenters. The Hall–Kier alpha value is -2.82. The third-order valence-corrected chi connectivity index (χ3v) is 5.49. The van der Waals surface area contributed by atoms with Crippen LogP contribution in [0, 0.1) is 0 Å². The molecule has 152 valence electrons. The van der Waals surface area contributed by atoms with Gasteiger partial charge in [0.1, 0.15) is 10.7 Å². The number of alkyl halides is 3. The van der Waals surface area contributed by atoms with Crippen molar-refractivity contribution < 1.29 is 18.0 Å². The van der Waals surface area contributed by atoms with E-state index in [9.17, 15) is 18.0 Å². The molecule has 3 aromatic rings. The number of hydrogen-bond donors (Lipinski definition) is 1. The maximum Gasteiger partial charge on any atom is 0.435 e. The number of hydrogen-bond acceptors (Lipinski definition) is 6. The lowest BCUT2D eigenvalue weighted by Crippen LogP contribution is -2.28. The lowest BCUT2D eigenvalue weighted by Gasteiger charge is -2.10. The lowest BCUT2D eigenvalue weighted by molar-refractivity contribution is -0.141. The number of carbonyl (C=O) groups excluding carboxylic acids is 1.